The summed E-state index contributed by atoms with van der Waals surface area (Å²) in [5.41, 5.74) is -1.12. The molecule has 1 fully saturated rings. The summed E-state index contributed by atoms with van der Waals surface area (Å²) in [7, 11) is 0. The molecule has 0 aromatic heterocycles. The number of halogens is 2. The molecule has 0 heterocycles. The minimum Gasteiger partial charge on any atom is -0.481 e. The average molecular weight is 221 g/mol. The standard InChI is InChI=1S/C9H13F2NO3/c1-9(8(14)15)4-2-3-5(9)12-7(13)6(10)11/h5-6H,2-4H2,1H3,(H,12,13)(H,14,15). The summed E-state index contributed by atoms with van der Waals surface area (Å²) in [6.07, 6.45) is -1.64. The fraction of sp³-hybridized carbons (Fsp3) is 0.778. The first-order valence-electron chi connectivity index (χ1n) is 4.70. The van der Waals surface area contributed by atoms with Crippen molar-refractivity contribution in [3.8, 4) is 0 Å². The van der Waals surface area contributed by atoms with E-state index in [1.165, 1.54) is 6.92 Å². The average Bonchev–Trinajstić information content (AvgIpc) is 2.49. The zero-order chi connectivity index (χ0) is 11.6. The molecule has 0 spiro atoms. The van der Waals surface area contributed by atoms with Crippen LogP contribution in [0.15, 0.2) is 0 Å². The second-order valence-corrected chi connectivity index (χ2v) is 3.98. The Labute approximate surface area is 85.7 Å². The predicted octanol–water partition coefficient (Wildman–Crippen LogP) is 1.01. The van der Waals surface area contributed by atoms with E-state index in [1.54, 1.807) is 0 Å². The van der Waals surface area contributed by atoms with E-state index in [9.17, 15) is 18.4 Å². The molecule has 0 aromatic carbocycles. The fourth-order valence-electron chi connectivity index (χ4n) is 1.89. The molecule has 4 nitrogen and oxygen atoms in total. The van der Waals surface area contributed by atoms with E-state index in [-0.39, 0.29) is 0 Å². The molecule has 0 bridgehead atoms. The van der Waals surface area contributed by atoms with Gasteiger partial charge < -0.3 is 10.4 Å². The van der Waals surface area contributed by atoms with Gasteiger partial charge in [0.1, 0.15) is 0 Å². The highest BCUT2D eigenvalue weighted by Crippen LogP contribution is 2.38. The molecular formula is C9H13F2NO3. The van der Waals surface area contributed by atoms with Gasteiger partial charge in [0.15, 0.2) is 0 Å². The number of carbonyl (C=O) groups excluding carboxylic acids is 1. The molecule has 86 valence electrons. The van der Waals surface area contributed by atoms with Crippen molar-refractivity contribution in [2.24, 2.45) is 5.41 Å². The van der Waals surface area contributed by atoms with Crippen LogP contribution in [0.3, 0.4) is 0 Å². The molecule has 1 amide bonds. The van der Waals surface area contributed by atoms with Crippen molar-refractivity contribution in [3.63, 3.8) is 0 Å². The highest BCUT2D eigenvalue weighted by Gasteiger charge is 2.46. The third-order valence-corrected chi connectivity index (χ3v) is 2.96. The number of alkyl halides is 2. The van der Waals surface area contributed by atoms with E-state index < -0.39 is 29.8 Å². The van der Waals surface area contributed by atoms with Crippen LogP contribution in [-0.2, 0) is 9.59 Å². The Balaban J connectivity index is 2.70. The first-order valence-corrected chi connectivity index (χ1v) is 4.70. The lowest BCUT2D eigenvalue weighted by atomic mass is 9.85. The van der Waals surface area contributed by atoms with Crippen molar-refractivity contribution in [2.45, 2.75) is 38.7 Å². The molecule has 0 aliphatic heterocycles. The van der Waals surface area contributed by atoms with Gasteiger partial charge in [0, 0.05) is 6.04 Å². The Bertz CT molecular complexity index is 283. The molecule has 1 aliphatic rings. The Morgan fingerprint density at radius 1 is 1.53 bits per heavy atom. The number of rotatable bonds is 3. The van der Waals surface area contributed by atoms with Gasteiger partial charge in [-0.2, -0.15) is 8.78 Å². The number of nitrogens with one attached hydrogen (secondary N) is 1. The molecule has 0 aromatic rings. The van der Waals surface area contributed by atoms with E-state index in [4.69, 9.17) is 5.11 Å². The van der Waals surface area contributed by atoms with Gasteiger partial charge in [-0.1, -0.05) is 6.42 Å². The molecule has 2 N–H and O–H groups in total. The number of hydrogen-bond acceptors (Lipinski definition) is 2. The van der Waals surface area contributed by atoms with Crippen LogP contribution in [0.25, 0.3) is 0 Å². The number of aliphatic carboxylic acids is 1. The van der Waals surface area contributed by atoms with E-state index in [1.807, 2.05) is 0 Å². The summed E-state index contributed by atoms with van der Waals surface area (Å²) < 4.78 is 24.0. The molecule has 15 heavy (non-hydrogen) atoms. The summed E-state index contributed by atoms with van der Waals surface area (Å²) in [6.45, 7) is 1.47. The highest BCUT2D eigenvalue weighted by atomic mass is 19.3. The van der Waals surface area contributed by atoms with Crippen molar-refractivity contribution >= 4 is 11.9 Å². The van der Waals surface area contributed by atoms with Crippen LogP contribution in [-0.4, -0.2) is 29.5 Å². The molecule has 0 saturated heterocycles. The van der Waals surface area contributed by atoms with Crippen molar-refractivity contribution < 1.29 is 23.5 Å². The van der Waals surface area contributed by atoms with Crippen LogP contribution in [0.4, 0.5) is 8.78 Å². The zero-order valence-electron chi connectivity index (χ0n) is 8.30. The van der Waals surface area contributed by atoms with Gasteiger partial charge in [0.25, 0.3) is 5.91 Å². The molecule has 6 heteroatoms. The van der Waals surface area contributed by atoms with Gasteiger partial charge in [-0.25, -0.2) is 0 Å². The summed E-state index contributed by atoms with van der Waals surface area (Å²) in [4.78, 5) is 21.7. The largest absolute Gasteiger partial charge is 0.481 e. The summed E-state index contributed by atoms with van der Waals surface area (Å²) in [5.74, 6) is -2.45. The Kier molecular flexibility index (Phi) is 3.26. The SMILES string of the molecule is CC1(C(=O)O)CCCC1NC(=O)C(F)F. The van der Waals surface area contributed by atoms with Crippen LogP contribution in [0, 0.1) is 5.41 Å². The highest BCUT2D eigenvalue weighted by molar-refractivity contribution is 5.82. The monoisotopic (exact) mass is 221 g/mol. The summed E-state index contributed by atoms with van der Waals surface area (Å²) >= 11 is 0. The smallest absolute Gasteiger partial charge is 0.315 e. The molecule has 2 atom stereocenters. The van der Waals surface area contributed by atoms with E-state index in [0.29, 0.717) is 19.3 Å². The molecule has 1 saturated carbocycles. The van der Waals surface area contributed by atoms with Crippen molar-refractivity contribution in [1.82, 2.24) is 5.32 Å². The predicted molar refractivity (Wildman–Crippen MR) is 47.5 cm³/mol. The van der Waals surface area contributed by atoms with Crippen molar-refractivity contribution in [1.29, 1.82) is 0 Å². The van der Waals surface area contributed by atoms with E-state index in [2.05, 4.69) is 5.32 Å². The number of hydrogen-bond donors (Lipinski definition) is 2. The molecule has 1 rings (SSSR count). The quantitative estimate of drug-likeness (QED) is 0.747. The van der Waals surface area contributed by atoms with E-state index >= 15 is 0 Å². The lowest BCUT2D eigenvalue weighted by Gasteiger charge is -2.27. The molecule has 2 unspecified atom stereocenters. The van der Waals surface area contributed by atoms with Gasteiger partial charge in [-0.3, -0.25) is 9.59 Å². The minimum atomic E-state index is -3.09. The lowest BCUT2D eigenvalue weighted by molar-refractivity contribution is -0.149. The van der Waals surface area contributed by atoms with Gasteiger partial charge in [0.05, 0.1) is 5.41 Å². The first-order chi connectivity index (χ1) is 6.88. The first kappa shape index (κ1) is 11.9. The number of amides is 1. The maximum Gasteiger partial charge on any atom is 0.315 e. The topological polar surface area (TPSA) is 66.4 Å². The lowest BCUT2D eigenvalue weighted by Crippen LogP contribution is -2.48. The number of carboxylic acid groups (broad SMARTS) is 1. The Morgan fingerprint density at radius 2 is 2.13 bits per heavy atom. The maximum absolute atomic E-state index is 12.0. The fourth-order valence-corrected chi connectivity index (χ4v) is 1.89. The van der Waals surface area contributed by atoms with Gasteiger partial charge in [-0.05, 0) is 19.8 Å². The van der Waals surface area contributed by atoms with Gasteiger partial charge in [-0.15, -0.1) is 0 Å². The third kappa shape index (κ3) is 2.24. The molecule has 1 aliphatic carbocycles. The van der Waals surface area contributed by atoms with Gasteiger partial charge in [0.2, 0.25) is 0 Å². The Hall–Kier alpha value is -1.20. The van der Waals surface area contributed by atoms with E-state index in [0.717, 1.165) is 0 Å². The number of carbonyl (C=O) groups is 2. The van der Waals surface area contributed by atoms with Crippen LogP contribution >= 0.6 is 0 Å². The third-order valence-electron chi connectivity index (χ3n) is 2.96. The zero-order valence-corrected chi connectivity index (χ0v) is 8.30. The van der Waals surface area contributed by atoms with Crippen molar-refractivity contribution in [2.75, 3.05) is 0 Å². The van der Waals surface area contributed by atoms with Crippen LogP contribution in [0.5, 0.6) is 0 Å². The van der Waals surface area contributed by atoms with Crippen LogP contribution in [0.1, 0.15) is 26.2 Å². The number of carboxylic acids is 1. The maximum atomic E-state index is 12.0. The second kappa shape index (κ2) is 4.12. The molecular weight excluding hydrogens is 208 g/mol. The summed E-state index contributed by atoms with van der Waals surface area (Å²) in [6, 6.07) is -0.698. The minimum absolute atomic E-state index is 0.399. The van der Waals surface area contributed by atoms with Crippen LogP contribution < -0.4 is 5.32 Å². The van der Waals surface area contributed by atoms with Crippen LogP contribution in [0.2, 0.25) is 0 Å². The molecule has 0 radical (unpaired) electrons. The van der Waals surface area contributed by atoms with Crippen molar-refractivity contribution in [3.05, 3.63) is 0 Å². The Morgan fingerprint density at radius 3 is 2.60 bits per heavy atom. The normalized spacial score (nSPS) is 30.5. The van der Waals surface area contributed by atoms with Gasteiger partial charge >= 0.3 is 12.4 Å². The second-order valence-electron chi connectivity index (χ2n) is 3.98. The summed E-state index contributed by atoms with van der Waals surface area (Å²) in [5, 5.41) is 11.0.